The first-order valence-corrected chi connectivity index (χ1v) is 5.63. The van der Waals surface area contributed by atoms with Gasteiger partial charge in [0.05, 0.1) is 5.69 Å². The van der Waals surface area contributed by atoms with E-state index in [4.69, 9.17) is 0 Å². The third kappa shape index (κ3) is 1.44. The lowest BCUT2D eigenvalue weighted by molar-refractivity contribution is 0.932. The third-order valence-electron chi connectivity index (χ3n) is 2.73. The Morgan fingerprint density at radius 2 is 2.08 bits per heavy atom. The zero-order chi connectivity index (χ0) is 9.42. The normalized spacial score (nSPS) is 15.8. The zero-order valence-corrected chi connectivity index (χ0v) is 9.24. The summed E-state index contributed by atoms with van der Waals surface area (Å²) < 4.78 is 0. The van der Waals surface area contributed by atoms with Gasteiger partial charge in [0, 0.05) is 24.2 Å². The van der Waals surface area contributed by atoms with Gasteiger partial charge in [-0.3, -0.25) is 0 Å². The predicted octanol–water partition coefficient (Wildman–Crippen LogP) is 2.85. The van der Waals surface area contributed by atoms with Gasteiger partial charge in [0.25, 0.3) is 0 Å². The molecule has 1 aromatic carbocycles. The van der Waals surface area contributed by atoms with Crippen molar-refractivity contribution < 1.29 is 0 Å². The summed E-state index contributed by atoms with van der Waals surface area (Å²) in [5.41, 5.74) is 4.27. The minimum Gasteiger partial charge on any atom is -0.373 e. The van der Waals surface area contributed by atoms with Crippen molar-refractivity contribution in [1.29, 1.82) is 0 Å². The van der Waals surface area contributed by atoms with E-state index in [-0.39, 0.29) is 0 Å². The van der Waals surface area contributed by atoms with Gasteiger partial charge in [-0.1, -0.05) is 6.07 Å². The van der Waals surface area contributed by atoms with Crippen LogP contribution < -0.4 is 4.90 Å². The second-order valence-electron chi connectivity index (χ2n) is 3.62. The number of hydrogen-bond donors (Lipinski definition) is 0. The maximum absolute atomic E-state index is 2.37. The van der Waals surface area contributed by atoms with Crippen molar-refractivity contribution in [3.63, 3.8) is 0 Å². The highest BCUT2D eigenvalue weighted by atomic mass is 32.2. The monoisotopic (exact) mass is 193 g/mol. The summed E-state index contributed by atoms with van der Waals surface area (Å²) in [6.45, 7) is 5.57. The van der Waals surface area contributed by atoms with Gasteiger partial charge < -0.3 is 4.90 Å². The highest BCUT2D eigenvalue weighted by Gasteiger charge is 2.16. The molecule has 0 aliphatic carbocycles. The van der Waals surface area contributed by atoms with E-state index in [1.807, 2.05) is 11.8 Å². The fraction of sp³-hybridized carbons (Fsp3) is 0.455. The van der Waals surface area contributed by atoms with Crippen LogP contribution in [0.1, 0.15) is 11.1 Å². The average molecular weight is 193 g/mol. The van der Waals surface area contributed by atoms with E-state index in [1.165, 1.54) is 34.0 Å². The second-order valence-corrected chi connectivity index (χ2v) is 4.76. The molecular weight excluding hydrogens is 178 g/mol. The summed E-state index contributed by atoms with van der Waals surface area (Å²) in [7, 11) is 2.19. The molecule has 1 aliphatic heterocycles. The number of aryl methyl sites for hydroxylation is 1. The fourth-order valence-electron chi connectivity index (χ4n) is 1.77. The van der Waals surface area contributed by atoms with Gasteiger partial charge in [-0.25, -0.2) is 0 Å². The maximum atomic E-state index is 2.37. The van der Waals surface area contributed by atoms with E-state index < -0.39 is 0 Å². The highest BCUT2D eigenvalue weighted by molar-refractivity contribution is 7.99. The quantitative estimate of drug-likeness (QED) is 0.623. The summed E-state index contributed by atoms with van der Waals surface area (Å²) in [5, 5.41) is 0. The predicted molar refractivity (Wildman–Crippen MR) is 59.9 cm³/mol. The Morgan fingerprint density at radius 3 is 2.85 bits per heavy atom. The molecule has 1 nitrogen and oxygen atoms in total. The van der Waals surface area contributed by atoms with Crippen molar-refractivity contribution in [2.45, 2.75) is 18.7 Å². The average Bonchev–Trinajstić information content (AvgIpc) is 2.12. The van der Waals surface area contributed by atoms with E-state index in [2.05, 4.69) is 37.9 Å². The number of anilines is 1. The Morgan fingerprint density at radius 1 is 1.31 bits per heavy atom. The van der Waals surface area contributed by atoms with Gasteiger partial charge in [0.2, 0.25) is 0 Å². The topological polar surface area (TPSA) is 3.24 Å². The molecule has 2 heteroatoms. The number of benzene rings is 1. The molecule has 2 rings (SSSR count). The first-order chi connectivity index (χ1) is 6.20. The van der Waals surface area contributed by atoms with Gasteiger partial charge in [-0.05, 0) is 31.0 Å². The third-order valence-corrected chi connectivity index (χ3v) is 3.76. The van der Waals surface area contributed by atoms with Gasteiger partial charge in [0.1, 0.15) is 0 Å². The van der Waals surface area contributed by atoms with E-state index in [0.29, 0.717) is 0 Å². The standard InChI is InChI=1S/C11H15NS/c1-8-4-5-10-11(9(8)2)12(3)6-7-13-10/h4-5H,6-7H2,1-3H3. The maximum Gasteiger partial charge on any atom is 0.0534 e. The van der Waals surface area contributed by atoms with Crippen LogP contribution in [0.2, 0.25) is 0 Å². The minimum absolute atomic E-state index is 1.17. The van der Waals surface area contributed by atoms with E-state index in [1.54, 1.807) is 0 Å². The zero-order valence-electron chi connectivity index (χ0n) is 8.42. The van der Waals surface area contributed by atoms with E-state index in [0.717, 1.165) is 0 Å². The minimum atomic E-state index is 1.17. The SMILES string of the molecule is Cc1ccc2c(c1C)N(C)CCS2. The summed E-state index contributed by atoms with van der Waals surface area (Å²) in [4.78, 5) is 3.81. The summed E-state index contributed by atoms with van der Waals surface area (Å²) in [6.07, 6.45) is 0. The molecule has 0 bridgehead atoms. The molecule has 0 radical (unpaired) electrons. The lowest BCUT2D eigenvalue weighted by Gasteiger charge is -2.29. The van der Waals surface area contributed by atoms with Crippen LogP contribution >= 0.6 is 11.8 Å². The van der Waals surface area contributed by atoms with Crippen LogP contribution in [-0.2, 0) is 0 Å². The summed E-state index contributed by atoms with van der Waals surface area (Å²) in [6, 6.07) is 4.47. The lowest BCUT2D eigenvalue weighted by Crippen LogP contribution is -2.25. The summed E-state index contributed by atoms with van der Waals surface area (Å²) in [5.74, 6) is 1.21. The van der Waals surface area contributed by atoms with Crippen LogP contribution in [0.4, 0.5) is 5.69 Å². The first-order valence-electron chi connectivity index (χ1n) is 4.64. The first kappa shape index (κ1) is 8.95. The van der Waals surface area contributed by atoms with Crippen molar-refractivity contribution in [2.75, 3.05) is 24.2 Å². The smallest absolute Gasteiger partial charge is 0.0534 e. The Balaban J connectivity index is 2.58. The molecule has 0 saturated carbocycles. The van der Waals surface area contributed by atoms with Crippen LogP contribution in [0.25, 0.3) is 0 Å². The molecule has 1 heterocycles. The number of rotatable bonds is 0. The molecule has 0 unspecified atom stereocenters. The van der Waals surface area contributed by atoms with Crippen molar-refractivity contribution in [1.82, 2.24) is 0 Å². The van der Waals surface area contributed by atoms with Crippen LogP contribution in [0, 0.1) is 13.8 Å². The second kappa shape index (κ2) is 3.26. The van der Waals surface area contributed by atoms with Crippen molar-refractivity contribution in [3.8, 4) is 0 Å². The van der Waals surface area contributed by atoms with Crippen LogP contribution in [-0.4, -0.2) is 19.3 Å². The van der Waals surface area contributed by atoms with Crippen LogP contribution in [0.15, 0.2) is 17.0 Å². The Hall–Kier alpha value is -0.630. The molecule has 0 aromatic heterocycles. The Labute approximate surface area is 84.1 Å². The fourth-order valence-corrected chi connectivity index (χ4v) is 2.97. The molecule has 0 amide bonds. The summed E-state index contributed by atoms with van der Waals surface area (Å²) >= 11 is 1.97. The molecule has 0 spiro atoms. The number of fused-ring (bicyclic) bond motifs is 1. The molecule has 1 aromatic rings. The van der Waals surface area contributed by atoms with Crippen LogP contribution in [0.3, 0.4) is 0 Å². The lowest BCUT2D eigenvalue weighted by atomic mass is 10.1. The van der Waals surface area contributed by atoms with Crippen LogP contribution in [0.5, 0.6) is 0 Å². The Bertz CT molecular complexity index is 333. The van der Waals surface area contributed by atoms with Gasteiger partial charge in [-0.2, -0.15) is 0 Å². The molecule has 70 valence electrons. The highest BCUT2D eigenvalue weighted by Crippen LogP contribution is 2.37. The van der Waals surface area contributed by atoms with Gasteiger partial charge >= 0.3 is 0 Å². The Kier molecular flexibility index (Phi) is 2.24. The molecule has 0 fully saturated rings. The van der Waals surface area contributed by atoms with Gasteiger partial charge in [0.15, 0.2) is 0 Å². The molecule has 13 heavy (non-hydrogen) atoms. The number of hydrogen-bond acceptors (Lipinski definition) is 2. The number of thioether (sulfide) groups is 1. The molecule has 0 saturated heterocycles. The van der Waals surface area contributed by atoms with Crippen molar-refractivity contribution in [3.05, 3.63) is 23.3 Å². The van der Waals surface area contributed by atoms with E-state index in [9.17, 15) is 0 Å². The molecule has 1 aliphatic rings. The number of nitrogens with zero attached hydrogens (tertiary/aromatic N) is 1. The van der Waals surface area contributed by atoms with E-state index >= 15 is 0 Å². The van der Waals surface area contributed by atoms with Crippen molar-refractivity contribution >= 4 is 17.4 Å². The molecule has 0 atom stereocenters. The molecular formula is C11H15NS. The van der Waals surface area contributed by atoms with Crippen molar-refractivity contribution in [2.24, 2.45) is 0 Å². The molecule has 0 N–H and O–H groups in total. The largest absolute Gasteiger partial charge is 0.373 e. The van der Waals surface area contributed by atoms with Gasteiger partial charge in [-0.15, -0.1) is 11.8 Å².